The molecule has 94 valence electrons. The van der Waals surface area contributed by atoms with Crippen molar-refractivity contribution >= 4 is 5.97 Å². The molecule has 0 aromatic heterocycles. The van der Waals surface area contributed by atoms with Gasteiger partial charge in [-0.3, -0.25) is 9.69 Å². The van der Waals surface area contributed by atoms with Crippen LogP contribution in [0.1, 0.15) is 26.7 Å². The van der Waals surface area contributed by atoms with Gasteiger partial charge in [-0.1, -0.05) is 0 Å². The second kappa shape index (κ2) is 6.21. The maximum absolute atomic E-state index is 11.5. The summed E-state index contributed by atoms with van der Waals surface area (Å²) in [5.41, 5.74) is 0. The van der Waals surface area contributed by atoms with Crippen LogP contribution >= 0.6 is 0 Å². The maximum Gasteiger partial charge on any atom is 0.320 e. The molecule has 0 radical (unpaired) electrons. The van der Waals surface area contributed by atoms with Crippen LogP contribution in [0.25, 0.3) is 0 Å². The van der Waals surface area contributed by atoms with Gasteiger partial charge in [0.25, 0.3) is 0 Å². The SMILES string of the molecule is CC(C)OC(=O)CN(C)C1CCCN(C)C1. The summed E-state index contributed by atoms with van der Waals surface area (Å²) in [6.07, 6.45) is 2.37. The van der Waals surface area contributed by atoms with E-state index in [0.717, 1.165) is 6.54 Å². The molecule has 4 nitrogen and oxygen atoms in total. The second-order valence-corrected chi connectivity index (χ2v) is 5.01. The second-order valence-electron chi connectivity index (χ2n) is 5.01. The fourth-order valence-electron chi connectivity index (χ4n) is 2.13. The zero-order chi connectivity index (χ0) is 12.1. The molecule has 1 heterocycles. The standard InChI is InChI=1S/C12H24N2O2/c1-10(2)16-12(15)9-14(4)11-6-5-7-13(3)8-11/h10-11H,5-9H2,1-4H3. The van der Waals surface area contributed by atoms with Gasteiger partial charge in [0.2, 0.25) is 0 Å². The number of rotatable bonds is 4. The van der Waals surface area contributed by atoms with E-state index in [2.05, 4.69) is 16.8 Å². The molecule has 0 saturated carbocycles. The third kappa shape index (κ3) is 4.49. The van der Waals surface area contributed by atoms with Crippen LogP contribution in [0.5, 0.6) is 0 Å². The summed E-state index contributed by atoms with van der Waals surface area (Å²) in [4.78, 5) is 15.9. The monoisotopic (exact) mass is 228 g/mol. The van der Waals surface area contributed by atoms with Gasteiger partial charge in [-0.25, -0.2) is 0 Å². The molecule has 1 rings (SSSR count). The topological polar surface area (TPSA) is 32.8 Å². The van der Waals surface area contributed by atoms with Gasteiger partial charge in [-0.2, -0.15) is 0 Å². The summed E-state index contributed by atoms with van der Waals surface area (Å²) in [6.45, 7) is 6.38. The molecule has 0 spiro atoms. The number of carbonyl (C=O) groups is 1. The summed E-state index contributed by atoms with van der Waals surface area (Å²) in [6, 6.07) is 0.485. The molecule has 0 N–H and O–H groups in total. The smallest absolute Gasteiger partial charge is 0.320 e. The number of esters is 1. The van der Waals surface area contributed by atoms with E-state index in [-0.39, 0.29) is 12.1 Å². The highest BCUT2D eigenvalue weighted by molar-refractivity contribution is 5.71. The van der Waals surface area contributed by atoms with E-state index in [1.807, 2.05) is 20.9 Å². The molecule has 1 fully saturated rings. The van der Waals surface area contributed by atoms with Crippen LogP contribution in [-0.4, -0.2) is 61.6 Å². The molecule has 0 aromatic carbocycles. The van der Waals surface area contributed by atoms with Crippen LogP contribution in [0.2, 0.25) is 0 Å². The normalized spacial score (nSPS) is 22.8. The Kier molecular flexibility index (Phi) is 5.22. The number of piperidine rings is 1. The summed E-state index contributed by atoms with van der Waals surface area (Å²) in [5.74, 6) is -0.120. The lowest BCUT2D eigenvalue weighted by atomic mass is 10.1. The van der Waals surface area contributed by atoms with Crippen LogP contribution in [0.3, 0.4) is 0 Å². The van der Waals surface area contributed by atoms with Crippen LogP contribution in [-0.2, 0) is 9.53 Å². The van der Waals surface area contributed by atoms with E-state index in [0.29, 0.717) is 12.6 Å². The van der Waals surface area contributed by atoms with Gasteiger partial charge >= 0.3 is 5.97 Å². The van der Waals surface area contributed by atoms with Crippen molar-refractivity contribution in [2.24, 2.45) is 0 Å². The lowest BCUT2D eigenvalue weighted by Gasteiger charge is -2.35. The summed E-state index contributed by atoms with van der Waals surface area (Å²) in [5, 5.41) is 0. The lowest BCUT2D eigenvalue weighted by Crippen LogP contribution is -2.46. The van der Waals surface area contributed by atoms with E-state index in [4.69, 9.17) is 4.74 Å². The first-order valence-corrected chi connectivity index (χ1v) is 6.07. The third-order valence-electron chi connectivity index (χ3n) is 2.97. The van der Waals surface area contributed by atoms with Crippen LogP contribution in [0, 0.1) is 0 Å². The molecule has 1 aliphatic rings. The lowest BCUT2D eigenvalue weighted by molar-refractivity contribution is -0.149. The van der Waals surface area contributed by atoms with Crippen molar-refractivity contribution in [3.8, 4) is 0 Å². The third-order valence-corrected chi connectivity index (χ3v) is 2.97. The average molecular weight is 228 g/mol. The summed E-state index contributed by atoms with van der Waals surface area (Å²) < 4.78 is 5.14. The minimum absolute atomic E-state index is 0.0186. The molecule has 1 saturated heterocycles. The highest BCUT2D eigenvalue weighted by atomic mass is 16.5. The number of carbonyl (C=O) groups excluding carboxylic acids is 1. The number of likely N-dealkylation sites (tertiary alicyclic amines) is 1. The van der Waals surface area contributed by atoms with Crippen LogP contribution in [0.4, 0.5) is 0 Å². The van der Waals surface area contributed by atoms with Gasteiger partial charge in [0.15, 0.2) is 0 Å². The molecule has 16 heavy (non-hydrogen) atoms. The Morgan fingerprint density at radius 2 is 2.25 bits per heavy atom. The van der Waals surface area contributed by atoms with E-state index >= 15 is 0 Å². The average Bonchev–Trinajstić information content (AvgIpc) is 2.16. The summed E-state index contributed by atoms with van der Waals surface area (Å²) >= 11 is 0. The van der Waals surface area contributed by atoms with Crippen molar-refractivity contribution in [3.63, 3.8) is 0 Å². The van der Waals surface area contributed by atoms with Crippen LogP contribution in [0.15, 0.2) is 0 Å². The molecule has 0 aliphatic carbocycles. The van der Waals surface area contributed by atoms with Crippen LogP contribution < -0.4 is 0 Å². The Labute approximate surface area is 98.5 Å². The molecule has 4 heteroatoms. The first-order chi connectivity index (χ1) is 7.49. The molecular formula is C12H24N2O2. The first-order valence-electron chi connectivity index (χ1n) is 6.07. The predicted molar refractivity (Wildman–Crippen MR) is 64.4 cm³/mol. The van der Waals surface area contributed by atoms with Gasteiger partial charge < -0.3 is 9.64 Å². The van der Waals surface area contributed by atoms with E-state index in [9.17, 15) is 4.79 Å². The van der Waals surface area contributed by atoms with Gasteiger partial charge in [0, 0.05) is 12.6 Å². The Morgan fingerprint density at radius 3 is 2.81 bits per heavy atom. The van der Waals surface area contributed by atoms with E-state index < -0.39 is 0 Å². The fraction of sp³-hybridized carbons (Fsp3) is 0.917. The number of ether oxygens (including phenoxy) is 1. The van der Waals surface area contributed by atoms with Crippen molar-refractivity contribution in [3.05, 3.63) is 0 Å². The number of hydrogen-bond acceptors (Lipinski definition) is 4. The van der Waals surface area contributed by atoms with Gasteiger partial charge in [-0.15, -0.1) is 0 Å². The first kappa shape index (κ1) is 13.5. The van der Waals surface area contributed by atoms with Crippen molar-refractivity contribution in [2.75, 3.05) is 33.7 Å². The molecule has 1 aliphatic heterocycles. The Balaban J connectivity index is 2.33. The molecule has 0 bridgehead atoms. The van der Waals surface area contributed by atoms with Gasteiger partial charge in [0.1, 0.15) is 0 Å². The maximum atomic E-state index is 11.5. The van der Waals surface area contributed by atoms with E-state index in [1.165, 1.54) is 19.4 Å². The highest BCUT2D eigenvalue weighted by Gasteiger charge is 2.22. The van der Waals surface area contributed by atoms with Crippen molar-refractivity contribution < 1.29 is 9.53 Å². The predicted octanol–water partition coefficient (Wildman–Crippen LogP) is 0.964. The zero-order valence-electron chi connectivity index (χ0n) is 10.9. The molecule has 0 amide bonds. The van der Waals surface area contributed by atoms with Gasteiger partial charge in [-0.05, 0) is 47.3 Å². The zero-order valence-corrected chi connectivity index (χ0v) is 10.9. The largest absolute Gasteiger partial charge is 0.462 e. The van der Waals surface area contributed by atoms with Crippen molar-refractivity contribution in [1.82, 2.24) is 9.80 Å². The molecule has 1 atom stereocenters. The quantitative estimate of drug-likeness (QED) is 0.671. The minimum atomic E-state index is -0.120. The molecular weight excluding hydrogens is 204 g/mol. The number of likely N-dealkylation sites (N-methyl/N-ethyl adjacent to an activating group) is 2. The Hall–Kier alpha value is -0.610. The minimum Gasteiger partial charge on any atom is -0.462 e. The molecule has 1 unspecified atom stereocenters. The van der Waals surface area contributed by atoms with Gasteiger partial charge in [0.05, 0.1) is 12.6 Å². The number of hydrogen-bond donors (Lipinski definition) is 0. The van der Waals surface area contributed by atoms with E-state index in [1.54, 1.807) is 0 Å². The molecule has 0 aromatic rings. The number of nitrogens with zero attached hydrogens (tertiary/aromatic N) is 2. The highest BCUT2D eigenvalue weighted by Crippen LogP contribution is 2.13. The Morgan fingerprint density at radius 1 is 1.56 bits per heavy atom. The Bertz CT molecular complexity index is 231. The van der Waals surface area contributed by atoms with Crippen molar-refractivity contribution in [1.29, 1.82) is 0 Å². The fourth-order valence-corrected chi connectivity index (χ4v) is 2.13. The summed E-state index contributed by atoms with van der Waals surface area (Å²) in [7, 11) is 4.14. The van der Waals surface area contributed by atoms with Crippen molar-refractivity contribution in [2.45, 2.75) is 38.8 Å².